The van der Waals surface area contributed by atoms with Crippen LogP contribution in [0, 0.1) is 10.1 Å². The molecule has 1 aliphatic heterocycles. The zero-order valence-corrected chi connectivity index (χ0v) is 18.1. The number of carbonyl (C=O) groups is 1. The Morgan fingerprint density at radius 1 is 1.14 bits per heavy atom. The van der Waals surface area contributed by atoms with Gasteiger partial charge in [-0.2, -0.15) is 0 Å². The van der Waals surface area contributed by atoms with Crippen LogP contribution >= 0.6 is 12.2 Å². The number of benzene rings is 1. The Morgan fingerprint density at radius 2 is 1.86 bits per heavy atom. The predicted octanol–water partition coefficient (Wildman–Crippen LogP) is 4.44. The van der Waals surface area contributed by atoms with Crippen molar-refractivity contribution in [2.75, 3.05) is 13.1 Å². The number of carbonyl (C=O) groups excluding carboxylic acids is 1. The van der Waals surface area contributed by atoms with Gasteiger partial charge in [0.1, 0.15) is 15.8 Å². The van der Waals surface area contributed by atoms with Crippen LogP contribution < -0.4 is 10.6 Å². The van der Waals surface area contributed by atoms with Gasteiger partial charge in [-0.1, -0.05) is 42.5 Å². The first-order valence-electron chi connectivity index (χ1n) is 10.3. The highest BCUT2D eigenvalue weighted by Crippen LogP contribution is 2.58. The van der Waals surface area contributed by atoms with Crippen molar-refractivity contribution in [3.63, 3.8) is 0 Å². The van der Waals surface area contributed by atoms with Crippen molar-refractivity contribution in [2.45, 2.75) is 51.2 Å². The van der Waals surface area contributed by atoms with Gasteiger partial charge in [0.2, 0.25) is 0 Å². The monoisotopic (exact) mass is 411 g/mol. The lowest BCUT2D eigenvalue weighted by atomic mass is 9.62. The molecule has 1 spiro atoms. The molecule has 1 aromatic carbocycles. The summed E-state index contributed by atoms with van der Waals surface area (Å²) < 4.78 is 6.40. The first-order valence-corrected chi connectivity index (χ1v) is 10.7. The molecule has 0 radical (unpaired) electrons. The van der Waals surface area contributed by atoms with Crippen LogP contribution in [0.4, 0.5) is 4.79 Å². The summed E-state index contributed by atoms with van der Waals surface area (Å²) in [5.74, 6) is 0. The summed E-state index contributed by atoms with van der Waals surface area (Å²) in [5, 5.41) is 6.84. The molecular weight excluding hydrogens is 382 g/mol. The molecule has 5 nitrogen and oxygen atoms in total. The van der Waals surface area contributed by atoms with Crippen LogP contribution in [0.3, 0.4) is 0 Å². The predicted molar refractivity (Wildman–Crippen MR) is 116 cm³/mol. The highest BCUT2D eigenvalue weighted by Gasteiger charge is 2.59. The average molecular weight is 412 g/mol. The van der Waals surface area contributed by atoms with Crippen molar-refractivity contribution in [1.82, 2.24) is 15.6 Å². The molecule has 1 atom stereocenters. The highest BCUT2D eigenvalue weighted by molar-refractivity contribution is 7.71. The summed E-state index contributed by atoms with van der Waals surface area (Å²) in [6, 6.07) is 12.4. The zero-order valence-electron chi connectivity index (χ0n) is 17.3. The number of rotatable bonds is 2. The van der Waals surface area contributed by atoms with E-state index in [0.717, 1.165) is 43.5 Å². The van der Waals surface area contributed by atoms with Gasteiger partial charge in [0, 0.05) is 11.6 Å². The van der Waals surface area contributed by atoms with E-state index in [2.05, 4.69) is 39.9 Å². The minimum atomic E-state index is -0.673. The number of fused-ring (bicyclic) bond motifs is 1. The fourth-order valence-corrected chi connectivity index (χ4v) is 5.24. The van der Waals surface area contributed by atoms with Gasteiger partial charge < -0.3 is 20.4 Å². The summed E-state index contributed by atoms with van der Waals surface area (Å²) >= 11 is 5.29. The van der Waals surface area contributed by atoms with E-state index in [4.69, 9.17) is 17.0 Å². The summed E-state index contributed by atoms with van der Waals surface area (Å²) in [6.45, 7) is 7.52. The molecule has 0 bridgehead atoms. The fourth-order valence-electron chi connectivity index (χ4n) is 5.11. The van der Waals surface area contributed by atoms with Gasteiger partial charge >= 0.3 is 6.09 Å². The number of piperidine rings is 1. The Labute approximate surface area is 177 Å². The second-order valence-electron chi connectivity index (χ2n) is 9.18. The standard InChI is InChI=1S/C23H29N3O2S/c1-21(2,3)28-20(27)26-23(17-8-9-19(29)25-15-17)18-7-5-4-6-16(18)14-22(23)10-12-24-13-11-22/h4-9,15,24H,10-14H2,1-3H3,(H,25,29)(H,26,27). The Kier molecular flexibility index (Phi) is 5.03. The van der Waals surface area contributed by atoms with Crippen LogP contribution in [0.5, 0.6) is 0 Å². The van der Waals surface area contributed by atoms with E-state index < -0.39 is 17.2 Å². The number of ether oxygens (including phenoxy) is 1. The maximum Gasteiger partial charge on any atom is 0.408 e. The molecule has 29 heavy (non-hydrogen) atoms. The molecule has 2 aliphatic rings. The smallest absolute Gasteiger partial charge is 0.408 e. The Hall–Kier alpha value is -2.18. The Bertz CT molecular complexity index is 952. The van der Waals surface area contributed by atoms with Gasteiger partial charge in [0.15, 0.2) is 0 Å². The van der Waals surface area contributed by atoms with Gasteiger partial charge in [0.05, 0.1) is 0 Å². The van der Waals surface area contributed by atoms with E-state index in [0.29, 0.717) is 4.64 Å². The molecule has 1 amide bonds. The van der Waals surface area contributed by atoms with Crippen LogP contribution in [-0.2, 0) is 16.7 Å². The van der Waals surface area contributed by atoms with Crippen LogP contribution in [0.15, 0.2) is 42.6 Å². The Balaban J connectivity index is 1.92. The summed E-state index contributed by atoms with van der Waals surface area (Å²) in [6.07, 6.45) is 4.41. The van der Waals surface area contributed by atoms with Gasteiger partial charge in [-0.3, -0.25) is 0 Å². The third-order valence-corrected chi connectivity index (χ3v) is 6.47. The van der Waals surface area contributed by atoms with E-state index in [1.807, 2.05) is 39.1 Å². The topological polar surface area (TPSA) is 66.1 Å². The number of nitrogens with one attached hydrogen (secondary N) is 3. The van der Waals surface area contributed by atoms with Crippen LogP contribution in [-0.4, -0.2) is 29.8 Å². The number of pyridine rings is 1. The van der Waals surface area contributed by atoms with Crippen LogP contribution in [0.2, 0.25) is 0 Å². The number of amides is 1. The second-order valence-corrected chi connectivity index (χ2v) is 9.62. The molecule has 1 aliphatic carbocycles. The third-order valence-electron chi connectivity index (χ3n) is 6.21. The second kappa shape index (κ2) is 7.26. The molecule has 154 valence electrons. The highest BCUT2D eigenvalue weighted by atomic mass is 32.1. The molecule has 2 aromatic rings. The number of hydrogen-bond donors (Lipinski definition) is 3. The van der Waals surface area contributed by atoms with E-state index in [9.17, 15) is 4.79 Å². The number of aromatic nitrogens is 1. The zero-order chi connectivity index (χ0) is 20.7. The van der Waals surface area contributed by atoms with Gasteiger partial charge in [-0.05, 0) is 75.9 Å². The largest absolute Gasteiger partial charge is 0.444 e. The number of alkyl carbamates (subject to hydrolysis) is 1. The van der Waals surface area contributed by atoms with Crippen LogP contribution in [0.25, 0.3) is 0 Å². The summed E-state index contributed by atoms with van der Waals surface area (Å²) in [4.78, 5) is 16.3. The first-order chi connectivity index (χ1) is 13.8. The van der Waals surface area contributed by atoms with Crippen LogP contribution in [0.1, 0.15) is 50.3 Å². The average Bonchev–Trinajstić information content (AvgIpc) is 2.91. The van der Waals surface area contributed by atoms with Crippen molar-refractivity contribution >= 4 is 18.3 Å². The molecule has 1 aromatic heterocycles. The minimum Gasteiger partial charge on any atom is -0.444 e. The lowest BCUT2D eigenvalue weighted by molar-refractivity contribution is 0.0286. The maximum atomic E-state index is 13.1. The fraction of sp³-hybridized carbons (Fsp3) is 0.478. The molecule has 2 heterocycles. The molecule has 3 N–H and O–H groups in total. The molecule has 1 saturated heterocycles. The molecule has 6 heteroatoms. The van der Waals surface area contributed by atoms with E-state index in [1.165, 1.54) is 5.56 Å². The minimum absolute atomic E-state index is 0.129. The molecule has 4 rings (SSSR count). The quantitative estimate of drug-likeness (QED) is 0.639. The first kappa shape index (κ1) is 20.1. The van der Waals surface area contributed by atoms with Gasteiger partial charge in [0.25, 0.3) is 0 Å². The number of aromatic amines is 1. The number of H-pyrrole nitrogens is 1. The van der Waals surface area contributed by atoms with E-state index in [-0.39, 0.29) is 5.41 Å². The lowest BCUT2D eigenvalue weighted by Gasteiger charge is -2.49. The van der Waals surface area contributed by atoms with Crippen molar-refractivity contribution in [3.05, 3.63) is 63.9 Å². The molecular formula is C23H29N3O2S. The molecule has 1 fully saturated rings. The van der Waals surface area contributed by atoms with Gasteiger partial charge in [-0.15, -0.1) is 0 Å². The summed E-state index contributed by atoms with van der Waals surface area (Å²) in [5.41, 5.74) is 2.08. The van der Waals surface area contributed by atoms with E-state index >= 15 is 0 Å². The van der Waals surface area contributed by atoms with Crippen molar-refractivity contribution < 1.29 is 9.53 Å². The van der Waals surface area contributed by atoms with Crippen molar-refractivity contribution in [3.8, 4) is 0 Å². The molecule has 1 unspecified atom stereocenters. The SMILES string of the molecule is CC(C)(C)OC(=O)NC1(c2ccc(=S)[nH]c2)c2ccccc2CC12CCNCC2. The third kappa shape index (κ3) is 3.49. The van der Waals surface area contributed by atoms with Gasteiger partial charge in [-0.25, -0.2) is 4.79 Å². The van der Waals surface area contributed by atoms with E-state index in [1.54, 1.807) is 0 Å². The number of hydrogen-bond acceptors (Lipinski definition) is 4. The van der Waals surface area contributed by atoms with Crippen molar-refractivity contribution in [2.24, 2.45) is 5.41 Å². The van der Waals surface area contributed by atoms with Crippen molar-refractivity contribution in [1.29, 1.82) is 0 Å². The Morgan fingerprint density at radius 3 is 2.52 bits per heavy atom. The lowest BCUT2D eigenvalue weighted by Crippen LogP contribution is -2.59. The molecule has 0 saturated carbocycles. The normalized spacial score (nSPS) is 22.9. The maximum absolute atomic E-state index is 13.1. The summed E-state index contributed by atoms with van der Waals surface area (Å²) in [7, 11) is 0.